The Morgan fingerprint density at radius 2 is 1.67 bits per heavy atom. The molecule has 1 heteroatoms. The summed E-state index contributed by atoms with van der Waals surface area (Å²) in [4.78, 5) is 4.75. The van der Waals surface area contributed by atoms with Gasteiger partial charge in [0.05, 0.1) is 5.54 Å². The van der Waals surface area contributed by atoms with E-state index in [4.69, 9.17) is 4.99 Å². The Morgan fingerprint density at radius 3 is 2.17 bits per heavy atom. The van der Waals surface area contributed by atoms with Crippen LogP contribution in [0.25, 0.3) is 0 Å². The van der Waals surface area contributed by atoms with Crippen molar-refractivity contribution in [3.63, 3.8) is 0 Å². The molecule has 0 aromatic rings. The standard InChI is InChI=1S/C17H33N/c1-8-9-10-11-12-15(2)13-18-17(6,7)14-16(3,4)5/h12-13H,8-11,14H2,1-7H3/b15-12+,18-13?. The Morgan fingerprint density at radius 1 is 1.06 bits per heavy atom. The van der Waals surface area contributed by atoms with Crippen LogP contribution in [0, 0.1) is 5.41 Å². The molecule has 0 atom stereocenters. The first-order chi connectivity index (χ1) is 8.16. The van der Waals surface area contributed by atoms with Crippen LogP contribution in [0.15, 0.2) is 16.6 Å². The van der Waals surface area contributed by atoms with Gasteiger partial charge in [-0.15, -0.1) is 0 Å². The zero-order chi connectivity index (χ0) is 14.2. The van der Waals surface area contributed by atoms with Crippen LogP contribution in [0.1, 0.15) is 80.6 Å². The molecule has 0 aliphatic rings. The summed E-state index contributed by atoms with van der Waals surface area (Å²) < 4.78 is 0. The van der Waals surface area contributed by atoms with Gasteiger partial charge in [0.15, 0.2) is 0 Å². The van der Waals surface area contributed by atoms with Crippen LogP contribution >= 0.6 is 0 Å². The highest BCUT2D eigenvalue weighted by Crippen LogP contribution is 2.29. The Hall–Kier alpha value is -0.590. The van der Waals surface area contributed by atoms with Gasteiger partial charge >= 0.3 is 0 Å². The van der Waals surface area contributed by atoms with E-state index in [0.717, 1.165) is 6.42 Å². The highest BCUT2D eigenvalue weighted by Gasteiger charge is 2.23. The molecule has 0 N–H and O–H groups in total. The third kappa shape index (κ3) is 10.6. The molecule has 0 spiro atoms. The van der Waals surface area contributed by atoms with Crippen molar-refractivity contribution in [2.24, 2.45) is 10.4 Å². The van der Waals surface area contributed by atoms with E-state index in [1.807, 2.05) is 0 Å². The third-order valence-electron chi connectivity index (χ3n) is 2.85. The van der Waals surface area contributed by atoms with Crippen LogP contribution in [0.5, 0.6) is 0 Å². The molecule has 0 bridgehead atoms. The third-order valence-corrected chi connectivity index (χ3v) is 2.85. The molecule has 0 fully saturated rings. The summed E-state index contributed by atoms with van der Waals surface area (Å²) in [6.07, 6.45) is 10.6. The SMILES string of the molecule is CCCCC/C=C(\C)C=NC(C)(C)CC(C)(C)C. The van der Waals surface area contributed by atoms with Gasteiger partial charge < -0.3 is 0 Å². The maximum Gasteiger partial charge on any atom is 0.0557 e. The minimum absolute atomic E-state index is 0.0385. The van der Waals surface area contributed by atoms with Crippen molar-refractivity contribution in [1.29, 1.82) is 0 Å². The van der Waals surface area contributed by atoms with Crippen LogP contribution in [0.4, 0.5) is 0 Å². The van der Waals surface area contributed by atoms with E-state index in [1.54, 1.807) is 0 Å². The average Bonchev–Trinajstić information content (AvgIpc) is 2.18. The number of hydrogen-bond donors (Lipinski definition) is 0. The molecule has 0 aromatic carbocycles. The van der Waals surface area contributed by atoms with Crippen LogP contribution < -0.4 is 0 Å². The zero-order valence-electron chi connectivity index (χ0n) is 13.6. The van der Waals surface area contributed by atoms with Crippen molar-refractivity contribution in [2.75, 3.05) is 0 Å². The summed E-state index contributed by atoms with van der Waals surface area (Å²) in [6.45, 7) is 15.7. The Kier molecular flexibility index (Phi) is 7.51. The normalized spacial score (nSPS) is 14.5. The Labute approximate surface area is 115 Å². The maximum absolute atomic E-state index is 4.75. The van der Waals surface area contributed by atoms with E-state index in [9.17, 15) is 0 Å². The molecule has 0 rings (SSSR count). The van der Waals surface area contributed by atoms with Crippen molar-refractivity contribution >= 4 is 6.21 Å². The summed E-state index contributed by atoms with van der Waals surface area (Å²) in [5.41, 5.74) is 1.67. The van der Waals surface area contributed by atoms with Crippen LogP contribution in [0.2, 0.25) is 0 Å². The molecule has 0 unspecified atom stereocenters. The number of aliphatic imine (C=N–C) groups is 1. The largest absolute Gasteiger partial charge is 0.287 e. The van der Waals surface area contributed by atoms with Crippen molar-refractivity contribution in [2.45, 2.75) is 86.1 Å². The summed E-state index contributed by atoms with van der Waals surface area (Å²) in [7, 11) is 0. The molecule has 0 radical (unpaired) electrons. The van der Waals surface area contributed by atoms with Crippen LogP contribution in [-0.2, 0) is 0 Å². The average molecular weight is 251 g/mol. The molecule has 0 saturated heterocycles. The first-order valence-electron chi connectivity index (χ1n) is 7.38. The predicted octanol–water partition coefficient (Wildman–Crippen LogP) is 5.80. The monoisotopic (exact) mass is 251 g/mol. The molecule has 0 amide bonds. The lowest BCUT2D eigenvalue weighted by Gasteiger charge is -2.29. The van der Waals surface area contributed by atoms with E-state index in [-0.39, 0.29) is 5.54 Å². The molecule has 1 nitrogen and oxygen atoms in total. The van der Waals surface area contributed by atoms with Gasteiger partial charge in [-0.3, -0.25) is 4.99 Å². The molecule has 0 saturated carbocycles. The van der Waals surface area contributed by atoms with Gasteiger partial charge in [0.25, 0.3) is 0 Å². The van der Waals surface area contributed by atoms with Crippen LogP contribution in [0.3, 0.4) is 0 Å². The molecule has 0 aliphatic heterocycles. The smallest absolute Gasteiger partial charge is 0.0557 e. The van der Waals surface area contributed by atoms with Crippen molar-refractivity contribution in [3.8, 4) is 0 Å². The lowest BCUT2D eigenvalue weighted by molar-refractivity contribution is 0.289. The molecule has 0 heterocycles. The lowest BCUT2D eigenvalue weighted by atomic mass is 9.82. The second-order valence-electron chi connectivity index (χ2n) is 7.25. The van der Waals surface area contributed by atoms with Crippen molar-refractivity contribution in [3.05, 3.63) is 11.6 Å². The summed E-state index contributed by atoms with van der Waals surface area (Å²) in [6, 6.07) is 0. The Balaban J connectivity index is 4.26. The number of allylic oxidation sites excluding steroid dienone is 2. The molecular formula is C17H33N. The van der Waals surface area contributed by atoms with Gasteiger partial charge in [-0.05, 0) is 51.0 Å². The second-order valence-corrected chi connectivity index (χ2v) is 7.25. The Bertz CT molecular complexity index is 276. The van der Waals surface area contributed by atoms with Crippen LogP contribution in [-0.4, -0.2) is 11.8 Å². The minimum Gasteiger partial charge on any atom is -0.287 e. The first-order valence-corrected chi connectivity index (χ1v) is 7.38. The van der Waals surface area contributed by atoms with E-state index in [1.165, 1.54) is 31.3 Å². The van der Waals surface area contributed by atoms with Gasteiger partial charge in [0, 0.05) is 6.21 Å². The van der Waals surface area contributed by atoms with Gasteiger partial charge in [0.1, 0.15) is 0 Å². The quantitative estimate of drug-likeness (QED) is 0.400. The topological polar surface area (TPSA) is 12.4 Å². The van der Waals surface area contributed by atoms with Gasteiger partial charge in [0.2, 0.25) is 0 Å². The van der Waals surface area contributed by atoms with E-state index < -0.39 is 0 Å². The fourth-order valence-electron chi connectivity index (χ4n) is 2.40. The van der Waals surface area contributed by atoms with Gasteiger partial charge in [-0.1, -0.05) is 46.6 Å². The first kappa shape index (κ1) is 17.4. The highest BCUT2D eigenvalue weighted by molar-refractivity contribution is 5.77. The molecule has 18 heavy (non-hydrogen) atoms. The summed E-state index contributed by atoms with van der Waals surface area (Å²) in [5.74, 6) is 0. The molecule has 0 aromatic heterocycles. The second kappa shape index (κ2) is 7.76. The number of rotatable bonds is 7. The molecule has 0 aliphatic carbocycles. The molecule has 106 valence electrons. The summed E-state index contributed by atoms with van der Waals surface area (Å²) >= 11 is 0. The lowest BCUT2D eigenvalue weighted by Crippen LogP contribution is -2.25. The fraction of sp³-hybridized carbons (Fsp3) is 0.824. The van der Waals surface area contributed by atoms with Gasteiger partial charge in [-0.25, -0.2) is 0 Å². The number of nitrogens with zero attached hydrogens (tertiary/aromatic N) is 1. The number of unbranched alkanes of at least 4 members (excludes halogenated alkanes) is 3. The van der Waals surface area contributed by atoms with Crippen molar-refractivity contribution in [1.82, 2.24) is 0 Å². The van der Waals surface area contributed by atoms with Crippen molar-refractivity contribution < 1.29 is 0 Å². The fourth-order valence-corrected chi connectivity index (χ4v) is 2.40. The minimum atomic E-state index is 0.0385. The van der Waals surface area contributed by atoms with E-state index in [2.05, 4.69) is 60.8 Å². The summed E-state index contributed by atoms with van der Waals surface area (Å²) in [5, 5.41) is 0. The van der Waals surface area contributed by atoms with E-state index in [0.29, 0.717) is 5.41 Å². The van der Waals surface area contributed by atoms with E-state index >= 15 is 0 Å². The molecular weight excluding hydrogens is 218 g/mol. The maximum atomic E-state index is 4.75. The highest BCUT2D eigenvalue weighted by atomic mass is 14.8. The zero-order valence-corrected chi connectivity index (χ0v) is 13.6. The van der Waals surface area contributed by atoms with Gasteiger partial charge in [-0.2, -0.15) is 0 Å². The number of hydrogen-bond acceptors (Lipinski definition) is 1. The predicted molar refractivity (Wildman–Crippen MR) is 84.5 cm³/mol.